The topological polar surface area (TPSA) is 84.9 Å². The Balaban J connectivity index is 2.50. The van der Waals surface area contributed by atoms with Gasteiger partial charge in [-0.3, -0.25) is 9.59 Å². The van der Waals surface area contributed by atoms with E-state index in [1.807, 2.05) is 18.2 Å². The number of nitrogens with one attached hydrogen (secondary N) is 1. The van der Waals surface area contributed by atoms with Crippen molar-refractivity contribution in [3.63, 3.8) is 0 Å². The van der Waals surface area contributed by atoms with Gasteiger partial charge in [-0.25, -0.2) is 0 Å². The average molecular weight is 351 g/mol. The maximum Gasteiger partial charge on any atom is 0.303 e. The highest BCUT2D eigenvalue weighted by molar-refractivity contribution is 5.80. The Bertz CT molecular complexity index is 545. The maximum absolute atomic E-state index is 11.6. The summed E-state index contributed by atoms with van der Waals surface area (Å²) in [5, 5.41) is 11.3. The van der Waals surface area contributed by atoms with Gasteiger partial charge in [-0.2, -0.15) is 0 Å². The summed E-state index contributed by atoms with van der Waals surface area (Å²) in [5.74, 6) is 0.287. The molecule has 25 heavy (non-hydrogen) atoms. The molecule has 140 valence electrons. The SMILES string of the molecule is CCCCCCOc1cc(OC)ccc1CCNC(=O)CCC(=O)O. The Hall–Kier alpha value is -2.24. The molecule has 6 heteroatoms. The van der Waals surface area contributed by atoms with Crippen LogP contribution in [0.25, 0.3) is 0 Å². The zero-order valence-electron chi connectivity index (χ0n) is 15.2. The van der Waals surface area contributed by atoms with Crippen LogP contribution in [-0.4, -0.2) is 37.2 Å². The van der Waals surface area contributed by atoms with E-state index in [4.69, 9.17) is 14.6 Å². The second-order valence-corrected chi connectivity index (χ2v) is 5.88. The van der Waals surface area contributed by atoms with Gasteiger partial charge in [-0.15, -0.1) is 0 Å². The summed E-state index contributed by atoms with van der Waals surface area (Å²) in [5.41, 5.74) is 0.995. The summed E-state index contributed by atoms with van der Waals surface area (Å²) in [6.45, 7) is 3.27. The van der Waals surface area contributed by atoms with E-state index in [-0.39, 0.29) is 18.7 Å². The molecule has 0 aromatic heterocycles. The number of unbranched alkanes of at least 4 members (excludes halogenated alkanes) is 3. The molecule has 0 atom stereocenters. The van der Waals surface area contributed by atoms with Crippen molar-refractivity contribution >= 4 is 11.9 Å². The Kier molecular flexibility index (Phi) is 10.1. The summed E-state index contributed by atoms with van der Waals surface area (Å²) in [4.78, 5) is 22.0. The zero-order valence-corrected chi connectivity index (χ0v) is 15.2. The summed E-state index contributed by atoms with van der Waals surface area (Å²) in [6, 6.07) is 5.66. The molecule has 0 radical (unpaired) electrons. The molecule has 1 amide bonds. The smallest absolute Gasteiger partial charge is 0.303 e. The lowest BCUT2D eigenvalue weighted by Crippen LogP contribution is -2.26. The van der Waals surface area contributed by atoms with E-state index in [9.17, 15) is 9.59 Å². The third-order valence-electron chi connectivity index (χ3n) is 3.81. The average Bonchev–Trinajstić information content (AvgIpc) is 2.60. The summed E-state index contributed by atoms with van der Waals surface area (Å²) < 4.78 is 11.1. The fourth-order valence-electron chi connectivity index (χ4n) is 2.36. The number of amides is 1. The van der Waals surface area contributed by atoms with E-state index in [1.54, 1.807) is 7.11 Å². The van der Waals surface area contributed by atoms with Crippen molar-refractivity contribution in [2.24, 2.45) is 0 Å². The van der Waals surface area contributed by atoms with Crippen LogP contribution in [0.2, 0.25) is 0 Å². The van der Waals surface area contributed by atoms with Gasteiger partial charge in [0.1, 0.15) is 11.5 Å². The van der Waals surface area contributed by atoms with Crippen molar-refractivity contribution in [3.8, 4) is 11.5 Å². The van der Waals surface area contributed by atoms with Crippen LogP contribution in [0.5, 0.6) is 11.5 Å². The van der Waals surface area contributed by atoms with Crippen LogP contribution in [0.15, 0.2) is 18.2 Å². The van der Waals surface area contributed by atoms with E-state index in [0.29, 0.717) is 19.6 Å². The van der Waals surface area contributed by atoms with E-state index in [0.717, 1.165) is 29.9 Å². The molecule has 0 aliphatic rings. The number of rotatable bonds is 13. The second kappa shape index (κ2) is 12.2. The van der Waals surface area contributed by atoms with Crippen LogP contribution in [0.3, 0.4) is 0 Å². The van der Waals surface area contributed by atoms with Gasteiger partial charge < -0.3 is 19.9 Å². The number of carboxylic acid groups (broad SMARTS) is 1. The molecule has 2 N–H and O–H groups in total. The highest BCUT2D eigenvalue weighted by Crippen LogP contribution is 2.25. The molecule has 0 bridgehead atoms. The minimum atomic E-state index is -0.968. The first-order valence-electron chi connectivity index (χ1n) is 8.85. The number of carbonyl (C=O) groups excluding carboxylic acids is 1. The molecule has 1 aromatic rings. The first kappa shape index (κ1) is 20.8. The highest BCUT2D eigenvalue weighted by atomic mass is 16.5. The Morgan fingerprint density at radius 2 is 1.96 bits per heavy atom. The lowest BCUT2D eigenvalue weighted by molar-refractivity contribution is -0.138. The van der Waals surface area contributed by atoms with Crippen LogP contribution in [0.1, 0.15) is 51.0 Å². The van der Waals surface area contributed by atoms with Crippen molar-refractivity contribution in [2.75, 3.05) is 20.3 Å². The number of ether oxygens (including phenoxy) is 2. The molecule has 0 saturated carbocycles. The predicted molar refractivity (Wildman–Crippen MR) is 96.2 cm³/mol. The standard InChI is InChI=1S/C19H29NO5/c1-3-4-5-6-13-25-17-14-16(24-2)8-7-15(17)11-12-20-18(21)9-10-19(22)23/h7-8,14H,3-6,9-13H2,1-2H3,(H,20,21)(H,22,23). The van der Waals surface area contributed by atoms with Gasteiger partial charge in [0.05, 0.1) is 20.1 Å². The van der Waals surface area contributed by atoms with Gasteiger partial charge in [-0.1, -0.05) is 32.3 Å². The van der Waals surface area contributed by atoms with Gasteiger partial charge in [-0.05, 0) is 24.5 Å². The van der Waals surface area contributed by atoms with Crippen molar-refractivity contribution in [3.05, 3.63) is 23.8 Å². The van der Waals surface area contributed by atoms with E-state index in [2.05, 4.69) is 12.2 Å². The zero-order chi connectivity index (χ0) is 18.5. The number of hydrogen-bond donors (Lipinski definition) is 2. The number of carbonyl (C=O) groups is 2. The number of carboxylic acids is 1. The minimum Gasteiger partial charge on any atom is -0.497 e. The third-order valence-corrected chi connectivity index (χ3v) is 3.81. The number of methoxy groups -OCH3 is 1. The molecular weight excluding hydrogens is 322 g/mol. The summed E-state index contributed by atoms with van der Waals surface area (Å²) in [6.07, 6.45) is 5.01. The molecule has 6 nitrogen and oxygen atoms in total. The summed E-state index contributed by atoms with van der Waals surface area (Å²) in [7, 11) is 1.61. The molecule has 0 aliphatic heterocycles. The van der Waals surface area contributed by atoms with Crippen molar-refractivity contribution in [1.29, 1.82) is 0 Å². The number of aliphatic carboxylic acids is 1. The van der Waals surface area contributed by atoms with Crippen molar-refractivity contribution < 1.29 is 24.2 Å². The van der Waals surface area contributed by atoms with E-state index in [1.165, 1.54) is 12.8 Å². The Morgan fingerprint density at radius 3 is 2.64 bits per heavy atom. The summed E-state index contributed by atoms with van der Waals surface area (Å²) >= 11 is 0. The fraction of sp³-hybridized carbons (Fsp3) is 0.579. The first-order chi connectivity index (χ1) is 12.1. The number of hydrogen-bond acceptors (Lipinski definition) is 4. The minimum absolute atomic E-state index is 0.00126. The monoisotopic (exact) mass is 351 g/mol. The molecule has 0 heterocycles. The normalized spacial score (nSPS) is 10.3. The van der Waals surface area contributed by atoms with Crippen LogP contribution >= 0.6 is 0 Å². The van der Waals surface area contributed by atoms with Gasteiger partial charge >= 0.3 is 5.97 Å². The van der Waals surface area contributed by atoms with Crippen LogP contribution in [-0.2, 0) is 16.0 Å². The predicted octanol–water partition coefficient (Wildman–Crippen LogP) is 3.18. The molecule has 1 aromatic carbocycles. The van der Waals surface area contributed by atoms with Crippen LogP contribution in [0.4, 0.5) is 0 Å². The van der Waals surface area contributed by atoms with Gasteiger partial charge in [0.2, 0.25) is 5.91 Å². The molecule has 0 aliphatic carbocycles. The van der Waals surface area contributed by atoms with Gasteiger partial charge in [0, 0.05) is 19.0 Å². The molecule has 0 spiro atoms. The largest absolute Gasteiger partial charge is 0.497 e. The molecular formula is C19H29NO5. The number of benzene rings is 1. The molecule has 0 fully saturated rings. The Morgan fingerprint density at radius 1 is 1.16 bits per heavy atom. The molecule has 1 rings (SSSR count). The lowest BCUT2D eigenvalue weighted by Gasteiger charge is -2.13. The maximum atomic E-state index is 11.6. The Labute approximate surface area is 149 Å². The highest BCUT2D eigenvalue weighted by Gasteiger charge is 2.08. The lowest BCUT2D eigenvalue weighted by atomic mass is 10.1. The van der Waals surface area contributed by atoms with Gasteiger partial charge in [0.15, 0.2) is 0 Å². The molecule has 0 unspecified atom stereocenters. The molecule has 0 saturated heterocycles. The fourth-order valence-corrected chi connectivity index (χ4v) is 2.36. The van der Waals surface area contributed by atoms with Crippen molar-refractivity contribution in [1.82, 2.24) is 5.32 Å². The third kappa shape index (κ3) is 8.98. The quantitative estimate of drug-likeness (QED) is 0.533. The van der Waals surface area contributed by atoms with Crippen molar-refractivity contribution in [2.45, 2.75) is 51.9 Å². The van der Waals surface area contributed by atoms with E-state index < -0.39 is 5.97 Å². The van der Waals surface area contributed by atoms with E-state index >= 15 is 0 Å². The van der Waals surface area contributed by atoms with Gasteiger partial charge in [0.25, 0.3) is 0 Å². The second-order valence-electron chi connectivity index (χ2n) is 5.88. The van der Waals surface area contributed by atoms with Crippen LogP contribution in [0, 0.1) is 0 Å². The van der Waals surface area contributed by atoms with Crippen LogP contribution < -0.4 is 14.8 Å². The first-order valence-corrected chi connectivity index (χ1v) is 8.85.